The molecule has 1 atom stereocenters. The number of amides is 1. The highest BCUT2D eigenvalue weighted by Gasteiger charge is 2.28. The van der Waals surface area contributed by atoms with Gasteiger partial charge < -0.3 is 5.32 Å². The molecular formula is C18H18N4O2S. The van der Waals surface area contributed by atoms with E-state index in [1.807, 2.05) is 19.9 Å². The summed E-state index contributed by atoms with van der Waals surface area (Å²) < 4.78 is 1.61. The molecule has 1 aliphatic rings. The molecule has 1 aromatic carbocycles. The zero-order chi connectivity index (χ0) is 18.0. The molecule has 0 aliphatic carbocycles. The number of anilines is 1. The second-order valence-electron chi connectivity index (χ2n) is 5.92. The fourth-order valence-corrected chi connectivity index (χ4v) is 3.99. The van der Waals surface area contributed by atoms with Crippen LogP contribution in [0.1, 0.15) is 23.7 Å². The highest BCUT2D eigenvalue weighted by atomic mass is 32.2. The quantitative estimate of drug-likeness (QED) is 0.855. The van der Waals surface area contributed by atoms with Gasteiger partial charge in [0.05, 0.1) is 17.6 Å². The lowest BCUT2D eigenvalue weighted by Crippen LogP contribution is -2.38. The van der Waals surface area contributed by atoms with Crippen LogP contribution in [0.15, 0.2) is 34.2 Å². The standard InChI is InChI=1S/C18H18N4O2S/c1-3-15-11(2)20-18-22(17(15)24)9-13(10-25-18)16(23)21-14-6-4-5-12(7-14)8-19/h4-7,13H,3,9-10H2,1-2H3,(H,21,23). The second-order valence-corrected chi connectivity index (χ2v) is 6.90. The number of hydrogen-bond acceptors (Lipinski definition) is 5. The lowest BCUT2D eigenvalue weighted by atomic mass is 10.1. The minimum absolute atomic E-state index is 0.0542. The molecule has 1 aliphatic heterocycles. The number of aryl methyl sites for hydroxylation is 1. The van der Waals surface area contributed by atoms with Gasteiger partial charge in [-0.15, -0.1) is 0 Å². The molecule has 3 rings (SSSR count). The Balaban J connectivity index is 1.81. The van der Waals surface area contributed by atoms with Crippen molar-refractivity contribution in [2.45, 2.75) is 32.0 Å². The van der Waals surface area contributed by atoms with Gasteiger partial charge in [0.1, 0.15) is 0 Å². The number of carbonyl (C=O) groups excluding carboxylic acids is 1. The summed E-state index contributed by atoms with van der Waals surface area (Å²) in [6, 6.07) is 8.84. The molecule has 0 saturated carbocycles. The highest BCUT2D eigenvalue weighted by molar-refractivity contribution is 7.99. The lowest BCUT2D eigenvalue weighted by molar-refractivity contribution is -0.119. The predicted molar refractivity (Wildman–Crippen MR) is 96.6 cm³/mol. The van der Waals surface area contributed by atoms with Crippen molar-refractivity contribution in [3.05, 3.63) is 51.4 Å². The monoisotopic (exact) mass is 354 g/mol. The summed E-state index contributed by atoms with van der Waals surface area (Å²) in [5, 5.41) is 12.5. The van der Waals surface area contributed by atoms with E-state index >= 15 is 0 Å². The molecule has 0 saturated heterocycles. The molecule has 2 heterocycles. The summed E-state index contributed by atoms with van der Waals surface area (Å²) in [5.74, 6) is 0.0927. The van der Waals surface area contributed by atoms with E-state index in [-0.39, 0.29) is 17.4 Å². The fourth-order valence-electron chi connectivity index (χ4n) is 2.87. The number of rotatable bonds is 3. The smallest absolute Gasteiger partial charge is 0.257 e. The third-order valence-corrected chi connectivity index (χ3v) is 5.37. The van der Waals surface area contributed by atoms with Crippen LogP contribution in [0.2, 0.25) is 0 Å². The first kappa shape index (κ1) is 17.2. The van der Waals surface area contributed by atoms with Gasteiger partial charge in [0.15, 0.2) is 5.16 Å². The molecule has 25 heavy (non-hydrogen) atoms. The van der Waals surface area contributed by atoms with Gasteiger partial charge in [-0.25, -0.2) is 4.98 Å². The Bertz CT molecular complexity index is 930. The molecule has 6 nitrogen and oxygen atoms in total. The predicted octanol–water partition coefficient (Wildman–Crippen LogP) is 2.35. The van der Waals surface area contributed by atoms with Crippen LogP contribution in [0.4, 0.5) is 5.69 Å². The first-order valence-electron chi connectivity index (χ1n) is 8.07. The van der Waals surface area contributed by atoms with E-state index in [0.717, 1.165) is 5.69 Å². The number of nitriles is 1. The van der Waals surface area contributed by atoms with Crippen molar-refractivity contribution < 1.29 is 4.79 Å². The van der Waals surface area contributed by atoms with Gasteiger partial charge in [0.25, 0.3) is 5.56 Å². The maximum absolute atomic E-state index is 12.6. The van der Waals surface area contributed by atoms with Crippen molar-refractivity contribution in [2.24, 2.45) is 5.92 Å². The zero-order valence-electron chi connectivity index (χ0n) is 14.1. The Labute approximate surface area is 149 Å². The van der Waals surface area contributed by atoms with E-state index in [1.54, 1.807) is 28.8 Å². The SMILES string of the molecule is CCc1c(C)nc2n(c1=O)CC(C(=O)Nc1cccc(C#N)c1)CS2. The average Bonchev–Trinajstić information content (AvgIpc) is 2.62. The van der Waals surface area contributed by atoms with Crippen LogP contribution in [-0.4, -0.2) is 21.2 Å². The number of hydrogen-bond donors (Lipinski definition) is 1. The van der Waals surface area contributed by atoms with Crippen LogP contribution in [0.25, 0.3) is 0 Å². The molecule has 0 bridgehead atoms. The van der Waals surface area contributed by atoms with Crippen molar-refractivity contribution in [3.63, 3.8) is 0 Å². The maximum Gasteiger partial charge on any atom is 0.257 e. The summed E-state index contributed by atoms with van der Waals surface area (Å²) >= 11 is 1.43. The first-order valence-corrected chi connectivity index (χ1v) is 9.06. The molecule has 1 unspecified atom stereocenters. The van der Waals surface area contributed by atoms with Gasteiger partial charge in [-0.2, -0.15) is 5.26 Å². The lowest BCUT2D eigenvalue weighted by Gasteiger charge is -2.25. The van der Waals surface area contributed by atoms with Gasteiger partial charge in [0.2, 0.25) is 5.91 Å². The fraction of sp³-hybridized carbons (Fsp3) is 0.333. The molecule has 0 fully saturated rings. The summed E-state index contributed by atoms with van der Waals surface area (Å²) in [6.07, 6.45) is 0.625. The Hall–Kier alpha value is -2.59. The van der Waals surface area contributed by atoms with E-state index in [9.17, 15) is 9.59 Å². The van der Waals surface area contributed by atoms with E-state index in [4.69, 9.17) is 5.26 Å². The van der Waals surface area contributed by atoms with Gasteiger partial charge >= 0.3 is 0 Å². The van der Waals surface area contributed by atoms with Gasteiger partial charge in [-0.3, -0.25) is 14.2 Å². The molecular weight excluding hydrogens is 336 g/mol. The normalized spacial score (nSPS) is 16.0. The van der Waals surface area contributed by atoms with Crippen molar-refractivity contribution >= 4 is 23.4 Å². The molecule has 1 amide bonds. The molecule has 7 heteroatoms. The second kappa shape index (κ2) is 7.11. The maximum atomic E-state index is 12.6. The summed E-state index contributed by atoms with van der Waals surface area (Å²) in [6.45, 7) is 4.11. The van der Waals surface area contributed by atoms with Crippen LogP contribution in [-0.2, 0) is 17.8 Å². The van der Waals surface area contributed by atoms with Gasteiger partial charge in [-0.05, 0) is 31.5 Å². The third kappa shape index (κ3) is 3.44. The van der Waals surface area contributed by atoms with Crippen LogP contribution < -0.4 is 10.9 Å². The number of nitrogens with zero attached hydrogens (tertiary/aromatic N) is 3. The number of thioether (sulfide) groups is 1. The van der Waals surface area contributed by atoms with Gasteiger partial charge in [0, 0.05) is 29.2 Å². The first-order chi connectivity index (χ1) is 12.0. The van der Waals surface area contributed by atoms with E-state index in [1.165, 1.54) is 11.8 Å². The summed E-state index contributed by atoms with van der Waals surface area (Å²) in [7, 11) is 0. The molecule has 0 radical (unpaired) electrons. The molecule has 2 aromatic rings. The topological polar surface area (TPSA) is 87.8 Å². The number of nitrogens with one attached hydrogen (secondary N) is 1. The van der Waals surface area contributed by atoms with Crippen LogP contribution in [0.3, 0.4) is 0 Å². The summed E-state index contributed by atoms with van der Waals surface area (Å²) in [5.41, 5.74) is 2.49. The van der Waals surface area contributed by atoms with E-state index < -0.39 is 0 Å². The van der Waals surface area contributed by atoms with Crippen LogP contribution >= 0.6 is 11.8 Å². The number of fused-ring (bicyclic) bond motifs is 1. The molecule has 128 valence electrons. The highest BCUT2D eigenvalue weighted by Crippen LogP contribution is 2.26. The Morgan fingerprint density at radius 3 is 3.04 bits per heavy atom. The van der Waals surface area contributed by atoms with Crippen molar-refractivity contribution in [2.75, 3.05) is 11.1 Å². The van der Waals surface area contributed by atoms with Crippen molar-refractivity contribution in [3.8, 4) is 6.07 Å². The van der Waals surface area contributed by atoms with Gasteiger partial charge in [-0.1, -0.05) is 24.8 Å². The zero-order valence-corrected chi connectivity index (χ0v) is 14.9. The number of aromatic nitrogens is 2. The Morgan fingerprint density at radius 2 is 2.32 bits per heavy atom. The number of benzene rings is 1. The summed E-state index contributed by atoms with van der Waals surface area (Å²) in [4.78, 5) is 29.7. The third-order valence-electron chi connectivity index (χ3n) is 4.23. The minimum atomic E-state index is -0.324. The number of carbonyl (C=O) groups is 1. The molecule has 0 spiro atoms. The van der Waals surface area contributed by atoms with Crippen LogP contribution in [0, 0.1) is 24.2 Å². The molecule has 1 aromatic heterocycles. The Morgan fingerprint density at radius 1 is 1.52 bits per heavy atom. The Kier molecular flexibility index (Phi) is 4.91. The van der Waals surface area contributed by atoms with Crippen molar-refractivity contribution in [1.29, 1.82) is 5.26 Å². The van der Waals surface area contributed by atoms with E-state index in [0.29, 0.717) is 40.7 Å². The van der Waals surface area contributed by atoms with Crippen LogP contribution in [0.5, 0.6) is 0 Å². The average molecular weight is 354 g/mol. The molecule has 1 N–H and O–H groups in total. The minimum Gasteiger partial charge on any atom is -0.326 e. The largest absolute Gasteiger partial charge is 0.326 e. The van der Waals surface area contributed by atoms with Crippen molar-refractivity contribution in [1.82, 2.24) is 9.55 Å². The van der Waals surface area contributed by atoms with E-state index in [2.05, 4.69) is 10.3 Å².